The number of urea groups is 1. The zero-order chi connectivity index (χ0) is 8.55. The van der Waals surface area contributed by atoms with Gasteiger partial charge in [0.25, 0.3) is 0 Å². The van der Waals surface area contributed by atoms with Crippen molar-refractivity contribution in [3.8, 4) is 0 Å². The lowest BCUT2D eigenvalue weighted by molar-refractivity contribution is 0.168. The Morgan fingerprint density at radius 1 is 1.50 bits per heavy atom. The van der Waals surface area contributed by atoms with E-state index in [1.807, 2.05) is 7.05 Å². The molecule has 1 heterocycles. The summed E-state index contributed by atoms with van der Waals surface area (Å²) >= 11 is 0. The van der Waals surface area contributed by atoms with E-state index in [0.29, 0.717) is 12.1 Å². The summed E-state index contributed by atoms with van der Waals surface area (Å²) in [7, 11) is 1.86. The lowest BCUT2D eigenvalue weighted by atomic mass is 10.1. The van der Waals surface area contributed by atoms with Crippen molar-refractivity contribution < 1.29 is 4.79 Å². The number of nitrogens with one attached hydrogen (secondary N) is 2. The van der Waals surface area contributed by atoms with E-state index in [-0.39, 0.29) is 6.03 Å². The van der Waals surface area contributed by atoms with Crippen molar-refractivity contribution in [1.82, 2.24) is 15.5 Å². The molecule has 2 N–H and O–H groups in total. The first-order valence-corrected chi connectivity index (χ1v) is 4.51. The van der Waals surface area contributed by atoms with Crippen molar-refractivity contribution in [2.75, 3.05) is 20.1 Å². The molecule has 68 valence electrons. The van der Waals surface area contributed by atoms with Crippen molar-refractivity contribution in [2.24, 2.45) is 0 Å². The van der Waals surface area contributed by atoms with Gasteiger partial charge in [-0.15, -0.1) is 0 Å². The highest BCUT2D eigenvalue weighted by Crippen LogP contribution is 2.19. The molecule has 0 aromatic carbocycles. The highest BCUT2D eigenvalue weighted by Gasteiger charge is 2.29. The second kappa shape index (κ2) is 2.94. The predicted molar refractivity (Wildman–Crippen MR) is 46.0 cm³/mol. The Hall–Kier alpha value is -0.770. The van der Waals surface area contributed by atoms with E-state index in [0.717, 1.165) is 25.9 Å². The highest BCUT2D eigenvalue weighted by atomic mass is 16.2. The Morgan fingerprint density at radius 2 is 2.17 bits per heavy atom. The third-order valence-electron chi connectivity index (χ3n) is 2.53. The van der Waals surface area contributed by atoms with Crippen LogP contribution in [0.15, 0.2) is 0 Å². The Morgan fingerprint density at radius 3 is 2.58 bits per heavy atom. The molecule has 0 aromatic heterocycles. The van der Waals surface area contributed by atoms with E-state index in [9.17, 15) is 4.79 Å². The van der Waals surface area contributed by atoms with Crippen LogP contribution in [0, 0.1) is 0 Å². The van der Waals surface area contributed by atoms with Gasteiger partial charge in [0.15, 0.2) is 0 Å². The number of amides is 2. The summed E-state index contributed by atoms with van der Waals surface area (Å²) in [4.78, 5) is 13.2. The van der Waals surface area contributed by atoms with Crippen molar-refractivity contribution in [2.45, 2.75) is 24.9 Å². The molecule has 1 aliphatic heterocycles. The third kappa shape index (κ3) is 1.53. The summed E-state index contributed by atoms with van der Waals surface area (Å²) in [5.41, 5.74) is 0. The molecular formula is C8H15N3O. The lowest BCUT2D eigenvalue weighted by Crippen LogP contribution is -2.59. The summed E-state index contributed by atoms with van der Waals surface area (Å²) in [6.07, 6.45) is 2.31. The van der Waals surface area contributed by atoms with Gasteiger partial charge in [-0.05, 0) is 12.8 Å². The topological polar surface area (TPSA) is 44.4 Å². The maximum absolute atomic E-state index is 11.4. The molecule has 4 heteroatoms. The van der Waals surface area contributed by atoms with Gasteiger partial charge in [-0.2, -0.15) is 0 Å². The minimum absolute atomic E-state index is 0.0870. The molecule has 0 unspecified atom stereocenters. The van der Waals surface area contributed by atoms with Crippen molar-refractivity contribution >= 4 is 6.03 Å². The van der Waals surface area contributed by atoms with E-state index in [2.05, 4.69) is 10.6 Å². The normalized spacial score (nSPS) is 23.1. The second-order valence-electron chi connectivity index (χ2n) is 3.65. The SMILES string of the molecule is CN(C(=O)NC1CC1)C1CNC1. The average molecular weight is 169 g/mol. The first kappa shape index (κ1) is 7.86. The first-order chi connectivity index (χ1) is 5.77. The van der Waals surface area contributed by atoms with E-state index in [4.69, 9.17) is 0 Å². The van der Waals surface area contributed by atoms with E-state index in [1.165, 1.54) is 0 Å². The van der Waals surface area contributed by atoms with Gasteiger partial charge < -0.3 is 15.5 Å². The van der Waals surface area contributed by atoms with Crippen LogP contribution in [0.5, 0.6) is 0 Å². The minimum Gasteiger partial charge on any atom is -0.335 e. The Kier molecular flexibility index (Phi) is 1.92. The Bertz CT molecular complexity index is 187. The van der Waals surface area contributed by atoms with Gasteiger partial charge in [0.2, 0.25) is 0 Å². The highest BCUT2D eigenvalue weighted by molar-refractivity contribution is 5.75. The monoisotopic (exact) mass is 169 g/mol. The molecule has 2 amide bonds. The standard InChI is InChI=1S/C8H15N3O/c1-11(7-4-9-5-7)8(12)10-6-2-3-6/h6-7,9H,2-5H2,1H3,(H,10,12). The summed E-state index contributed by atoms with van der Waals surface area (Å²) in [5.74, 6) is 0. The molecule has 0 spiro atoms. The van der Waals surface area contributed by atoms with Gasteiger partial charge in [-0.3, -0.25) is 0 Å². The number of hydrogen-bond donors (Lipinski definition) is 2. The molecule has 0 bridgehead atoms. The zero-order valence-corrected chi connectivity index (χ0v) is 7.34. The maximum atomic E-state index is 11.4. The minimum atomic E-state index is 0.0870. The first-order valence-electron chi connectivity index (χ1n) is 4.51. The second-order valence-corrected chi connectivity index (χ2v) is 3.65. The van der Waals surface area contributed by atoms with E-state index in [1.54, 1.807) is 4.90 Å². The largest absolute Gasteiger partial charge is 0.335 e. The summed E-state index contributed by atoms with van der Waals surface area (Å²) in [5, 5.41) is 6.11. The summed E-state index contributed by atoms with van der Waals surface area (Å²) in [6, 6.07) is 0.959. The molecule has 0 atom stereocenters. The summed E-state index contributed by atoms with van der Waals surface area (Å²) < 4.78 is 0. The van der Waals surface area contributed by atoms with Gasteiger partial charge in [-0.25, -0.2) is 4.79 Å². The zero-order valence-electron chi connectivity index (χ0n) is 7.34. The number of carbonyl (C=O) groups excluding carboxylic acids is 1. The van der Waals surface area contributed by atoms with Gasteiger partial charge in [-0.1, -0.05) is 0 Å². The molecule has 1 saturated carbocycles. The fourth-order valence-corrected chi connectivity index (χ4v) is 1.22. The van der Waals surface area contributed by atoms with Crippen LogP contribution in [-0.2, 0) is 0 Å². The van der Waals surface area contributed by atoms with Gasteiger partial charge in [0.1, 0.15) is 0 Å². The number of carbonyl (C=O) groups is 1. The molecule has 0 aromatic rings. The van der Waals surface area contributed by atoms with E-state index < -0.39 is 0 Å². The van der Waals surface area contributed by atoms with Gasteiger partial charge in [0, 0.05) is 26.2 Å². The molecule has 1 aliphatic carbocycles. The maximum Gasteiger partial charge on any atom is 0.317 e. The van der Waals surface area contributed by atoms with Gasteiger partial charge >= 0.3 is 6.03 Å². The van der Waals surface area contributed by atoms with Crippen LogP contribution < -0.4 is 10.6 Å². The smallest absolute Gasteiger partial charge is 0.317 e. The van der Waals surface area contributed by atoms with Gasteiger partial charge in [0.05, 0.1) is 6.04 Å². The quantitative estimate of drug-likeness (QED) is 0.599. The molecule has 2 rings (SSSR count). The molecule has 4 nitrogen and oxygen atoms in total. The fourth-order valence-electron chi connectivity index (χ4n) is 1.22. The summed E-state index contributed by atoms with van der Waals surface area (Å²) in [6.45, 7) is 1.88. The van der Waals surface area contributed by atoms with Crippen LogP contribution >= 0.6 is 0 Å². The molecule has 1 saturated heterocycles. The van der Waals surface area contributed by atoms with Crippen LogP contribution in [-0.4, -0.2) is 43.2 Å². The van der Waals surface area contributed by atoms with Crippen LogP contribution in [0.2, 0.25) is 0 Å². The van der Waals surface area contributed by atoms with Crippen LogP contribution in [0.25, 0.3) is 0 Å². The van der Waals surface area contributed by atoms with Crippen molar-refractivity contribution in [3.05, 3.63) is 0 Å². The number of nitrogens with zero attached hydrogens (tertiary/aromatic N) is 1. The average Bonchev–Trinajstić information content (AvgIpc) is 2.67. The molecule has 2 aliphatic rings. The number of rotatable bonds is 2. The Labute approximate surface area is 72.3 Å². The third-order valence-corrected chi connectivity index (χ3v) is 2.53. The van der Waals surface area contributed by atoms with Crippen molar-refractivity contribution in [1.29, 1.82) is 0 Å². The molecule has 2 fully saturated rings. The Balaban J connectivity index is 1.76. The number of likely N-dealkylation sites (N-methyl/N-ethyl adjacent to an activating group) is 1. The lowest BCUT2D eigenvalue weighted by Gasteiger charge is -2.35. The van der Waals surface area contributed by atoms with Crippen LogP contribution in [0.3, 0.4) is 0 Å². The predicted octanol–water partition coefficient (Wildman–Crippen LogP) is -0.238. The number of hydrogen-bond acceptors (Lipinski definition) is 2. The fraction of sp³-hybridized carbons (Fsp3) is 0.875. The molecule has 12 heavy (non-hydrogen) atoms. The molecular weight excluding hydrogens is 154 g/mol. The van der Waals surface area contributed by atoms with Crippen LogP contribution in [0.4, 0.5) is 4.79 Å². The van der Waals surface area contributed by atoms with Crippen LogP contribution in [0.1, 0.15) is 12.8 Å². The van der Waals surface area contributed by atoms with Crippen molar-refractivity contribution in [3.63, 3.8) is 0 Å². The van der Waals surface area contributed by atoms with E-state index >= 15 is 0 Å². The molecule has 0 radical (unpaired) electrons.